The lowest BCUT2D eigenvalue weighted by Crippen LogP contribution is -1.73. The van der Waals surface area contributed by atoms with E-state index in [4.69, 9.17) is 11.6 Å². The van der Waals surface area contributed by atoms with Gasteiger partial charge in [0, 0.05) is 5.54 Å². The molecular formula is C10H15Cl. The molecule has 1 heteroatoms. The SMILES string of the molecule is C=C(CC)CC=CC(C)=CCl. The van der Waals surface area contributed by atoms with E-state index in [9.17, 15) is 0 Å². The molecule has 0 rings (SSSR count). The van der Waals surface area contributed by atoms with Crippen LogP contribution in [0, 0.1) is 0 Å². The predicted octanol–water partition coefficient (Wildman–Crippen LogP) is 4.04. The van der Waals surface area contributed by atoms with E-state index in [2.05, 4.69) is 19.6 Å². The molecule has 0 aliphatic heterocycles. The van der Waals surface area contributed by atoms with Gasteiger partial charge in [0.1, 0.15) is 0 Å². The highest BCUT2D eigenvalue weighted by Gasteiger charge is 1.84. The minimum absolute atomic E-state index is 0.957. The fourth-order valence-corrected chi connectivity index (χ4v) is 0.665. The smallest absolute Gasteiger partial charge is 0.00716 e. The first-order valence-corrected chi connectivity index (χ1v) is 4.24. The van der Waals surface area contributed by atoms with Gasteiger partial charge >= 0.3 is 0 Å². The van der Waals surface area contributed by atoms with Crippen LogP contribution in [0.4, 0.5) is 0 Å². The largest absolute Gasteiger partial charge is 0.0996 e. The molecule has 11 heavy (non-hydrogen) atoms. The molecule has 0 N–H and O–H groups in total. The third kappa shape index (κ3) is 5.93. The zero-order valence-corrected chi connectivity index (χ0v) is 7.99. The molecule has 0 aliphatic rings. The van der Waals surface area contributed by atoms with E-state index in [0.29, 0.717) is 0 Å². The summed E-state index contributed by atoms with van der Waals surface area (Å²) in [4.78, 5) is 0. The maximum absolute atomic E-state index is 5.47. The van der Waals surface area contributed by atoms with Gasteiger partial charge in [0.15, 0.2) is 0 Å². The summed E-state index contributed by atoms with van der Waals surface area (Å²) in [7, 11) is 0. The van der Waals surface area contributed by atoms with Crippen molar-refractivity contribution in [2.75, 3.05) is 0 Å². The van der Waals surface area contributed by atoms with E-state index >= 15 is 0 Å². The lowest BCUT2D eigenvalue weighted by Gasteiger charge is -1.94. The molecule has 0 atom stereocenters. The van der Waals surface area contributed by atoms with Gasteiger partial charge in [0.25, 0.3) is 0 Å². The van der Waals surface area contributed by atoms with Gasteiger partial charge in [-0.05, 0) is 25.3 Å². The maximum Gasteiger partial charge on any atom is 0.00716 e. The van der Waals surface area contributed by atoms with E-state index in [0.717, 1.165) is 18.4 Å². The second-order valence-electron chi connectivity index (χ2n) is 2.56. The average molecular weight is 171 g/mol. The molecule has 0 spiro atoms. The van der Waals surface area contributed by atoms with E-state index < -0.39 is 0 Å². The summed E-state index contributed by atoms with van der Waals surface area (Å²) in [6.45, 7) is 7.97. The molecule has 0 saturated carbocycles. The van der Waals surface area contributed by atoms with Crippen LogP contribution in [0.5, 0.6) is 0 Å². The monoisotopic (exact) mass is 170 g/mol. The molecule has 0 heterocycles. The second-order valence-corrected chi connectivity index (χ2v) is 2.78. The summed E-state index contributed by atoms with van der Waals surface area (Å²) in [5, 5.41) is 0. The van der Waals surface area contributed by atoms with Crippen molar-refractivity contribution in [3.8, 4) is 0 Å². The van der Waals surface area contributed by atoms with Crippen LogP contribution in [0.2, 0.25) is 0 Å². The highest BCUT2D eigenvalue weighted by atomic mass is 35.5. The molecule has 0 aromatic rings. The van der Waals surface area contributed by atoms with Gasteiger partial charge < -0.3 is 0 Å². The Hall–Kier alpha value is -0.490. The van der Waals surface area contributed by atoms with Crippen molar-refractivity contribution in [1.82, 2.24) is 0 Å². The van der Waals surface area contributed by atoms with Crippen molar-refractivity contribution in [2.24, 2.45) is 0 Å². The molecule has 0 radical (unpaired) electrons. The first-order valence-electron chi connectivity index (χ1n) is 3.80. The van der Waals surface area contributed by atoms with Crippen molar-refractivity contribution < 1.29 is 0 Å². The Labute approximate surface area is 74.3 Å². The van der Waals surface area contributed by atoms with Crippen LogP contribution >= 0.6 is 11.6 Å². The van der Waals surface area contributed by atoms with E-state index in [-0.39, 0.29) is 0 Å². The molecule has 0 fully saturated rings. The quantitative estimate of drug-likeness (QED) is 0.441. The highest BCUT2D eigenvalue weighted by molar-refractivity contribution is 6.25. The second kappa shape index (κ2) is 6.23. The molecule has 0 amide bonds. The summed E-state index contributed by atoms with van der Waals surface area (Å²) in [5.41, 5.74) is 3.91. The Balaban J connectivity index is 3.69. The molecule has 0 nitrogen and oxygen atoms in total. The van der Waals surface area contributed by atoms with Gasteiger partial charge in [-0.1, -0.05) is 42.8 Å². The number of halogens is 1. The van der Waals surface area contributed by atoms with Crippen LogP contribution in [-0.2, 0) is 0 Å². The van der Waals surface area contributed by atoms with Crippen molar-refractivity contribution >= 4 is 11.6 Å². The van der Waals surface area contributed by atoms with Gasteiger partial charge in [0.2, 0.25) is 0 Å². The van der Waals surface area contributed by atoms with Gasteiger partial charge in [-0.25, -0.2) is 0 Å². The molecule has 0 aromatic heterocycles. The Morgan fingerprint density at radius 3 is 2.64 bits per heavy atom. The minimum atomic E-state index is 0.957. The Morgan fingerprint density at radius 1 is 1.55 bits per heavy atom. The molecule has 0 saturated heterocycles. The van der Waals surface area contributed by atoms with Crippen LogP contribution in [-0.4, -0.2) is 0 Å². The third-order valence-corrected chi connectivity index (χ3v) is 1.80. The van der Waals surface area contributed by atoms with E-state index in [1.807, 2.05) is 13.0 Å². The standard InChI is InChI=1S/C10H15Cl/c1-4-9(2)6-5-7-10(3)8-11/h5,7-8H,2,4,6H2,1,3H3. The fourth-order valence-electron chi connectivity index (χ4n) is 0.592. The van der Waals surface area contributed by atoms with Gasteiger partial charge in [-0.3, -0.25) is 0 Å². The van der Waals surface area contributed by atoms with Gasteiger partial charge in [-0.2, -0.15) is 0 Å². The molecule has 62 valence electrons. The first-order chi connectivity index (χ1) is 5.20. The van der Waals surface area contributed by atoms with Crippen LogP contribution in [0.1, 0.15) is 26.7 Å². The normalized spacial score (nSPS) is 12.5. The number of hydrogen-bond donors (Lipinski definition) is 0. The Kier molecular flexibility index (Phi) is 5.96. The topological polar surface area (TPSA) is 0 Å². The lowest BCUT2D eigenvalue weighted by atomic mass is 10.1. The molecule has 0 bridgehead atoms. The average Bonchev–Trinajstić information content (AvgIpc) is 2.04. The van der Waals surface area contributed by atoms with Crippen LogP contribution in [0.3, 0.4) is 0 Å². The summed E-state index contributed by atoms with van der Waals surface area (Å²) < 4.78 is 0. The van der Waals surface area contributed by atoms with Gasteiger partial charge in [-0.15, -0.1) is 0 Å². The third-order valence-electron chi connectivity index (χ3n) is 1.46. The summed E-state index contributed by atoms with van der Waals surface area (Å²) in [6.07, 6.45) is 6.10. The van der Waals surface area contributed by atoms with E-state index in [1.54, 1.807) is 5.54 Å². The fraction of sp³-hybridized carbons (Fsp3) is 0.400. The molecule has 0 aromatic carbocycles. The summed E-state index contributed by atoms with van der Waals surface area (Å²) in [5.74, 6) is 0. The van der Waals surface area contributed by atoms with Crippen LogP contribution in [0.15, 0.2) is 35.4 Å². The van der Waals surface area contributed by atoms with Crippen molar-refractivity contribution in [2.45, 2.75) is 26.7 Å². The van der Waals surface area contributed by atoms with Crippen LogP contribution < -0.4 is 0 Å². The summed E-state index contributed by atoms with van der Waals surface area (Å²) >= 11 is 5.47. The zero-order chi connectivity index (χ0) is 8.69. The molecule has 0 aliphatic carbocycles. The number of hydrogen-bond acceptors (Lipinski definition) is 0. The van der Waals surface area contributed by atoms with Crippen molar-refractivity contribution in [3.05, 3.63) is 35.4 Å². The van der Waals surface area contributed by atoms with Crippen molar-refractivity contribution in [1.29, 1.82) is 0 Å². The predicted molar refractivity (Wildman–Crippen MR) is 52.8 cm³/mol. The van der Waals surface area contributed by atoms with Gasteiger partial charge in [0.05, 0.1) is 0 Å². The molecular weight excluding hydrogens is 156 g/mol. The Morgan fingerprint density at radius 2 is 2.18 bits per heavy atom. The van der Waals surface area contributed by atoms with Crippen LogP contribution in [0.25, 0.3) is 0 Å². The zero-order valence-electron chi connectivity index (χ0n) is 7.23. The number of rotatable bonds is 4. The number of allylic oxidation sites excluding steroid dienone is 4. The highest BCUT2D eigenvalue weighted by Crippen LogP contribution is 2.05. The van der Waals surface area contributed by atoms with E-state index in [1.165, 1.54) is 5.57 Å². The first kappa shape index (κ1) is 10.5. The Bertz CT molecular complexity index is 175. The lowest BCUT2D eigenvalue weighted by molar-refractivity contribution is 1.04. The molecule has 0 unspecified atom stereocenters. The summed E-state index contributed by atoms with van der Waals surface area (Å²) in [6, 6.07) is 0. The maximum atomic E-state index is 5.47. The minimum Gasteiger partial charge on any atom is -0.0996 e. The van der Waals surface area contributed by atoms with Crippen molar-refractivity contribution in [3.63, 3.8) is 0 Å².